The van der Waals surface area contributed by atoms with Gasteiger partial charge in [-0.3, -0.25) is 0 Å². The SMILES string of the molecule is CC1(C(O)C(CC2CCCCC2)n2cncn2)COCOC1. The Hall–Kier alpha value is -0.980. The van der Waals surface area contributed by atoms with Gasteiger partial charge in [0.25, 0.3) is 0 Å². The molecular weight excluding hydrogens is 282 g/mol. The molecule has 124 valence electrons. The van der Waals surface area contributed by atoms with Gasteiger partial charge in [0.15, 0.2) is 0 Å². The van der Waals surface area contributed by atoms with E-state index in [1.807, 2.05) is 11.6 Å². The average Bonchev–Trinajstić information content (AvgIpc) is 3.08. The maximum atomic E-state index is 11.0. The number of hydrogen-bond acceptors (Lipinski definition) is 5. The van der Waals surface area contributed by atoms with Crippen LogP contribution >= 0.6 is 0 Å². The van der Waals surface area contributed by atoms with E-state index in [2.05, 4.69) is 10.1 Å². The number of nitrogens with zero attached hydrogens (tertiary/aromatic N) is 3. The van der Waals surface area contributed by atoms with E-state index in [1.54, 1.807) is 6.33 Å². The molecule has 0 spiro atoms. The molecule has 1 saturated heterocycles. The maximum Gasteiger partial charge on any atom is 0.146 e. The first kappa shape index (κ1) is 15.9. The van der Waals surface area contributed by atoms with Crippen LogP contribution < -0.4 is 0 Å². The minimum absolute atomic E-state index is 0.0686. The molecule has 2 fully saturated rings. The summed E-state index contributed by atoms with van der Waals surface area (Å²) in [5.41, 5.74) is -0.399. The standard InChI is InChI=1S/C16H27N3O3/c1-16(8-21-12-22-9-16)15(20)14(19-11-17-10-18-19)7-13-5-3-2-4-6-13/h10-11,13-15,20H,2-9,12H2,1H3. The van der Waals surface area contributed by atoms with E-state index in [-0.39, 0.29) is 6.04 Å². The summed E-state index contributed by atoms with van der Waals surface area (Å²) in [6, 6.07) is -0.0686. The number of aromatic nitrogens is 3. The summed E-state index contributed by atoms with van der Waals surface area (Å²) in [6.07, 6.45) is 10.1. The Morgan fingerprint density at radius 3 is 2.64 bits per heavy atom. The van der Waals surface area contributed by atoms with Crippen LogP contribution in [0.1, 0.15) is 51.5 Å². The lowest BCUT2D eigenvalue weighted by Crippen LogP contribution is -2.48. The fourth-order valence-corrected chi connectivity index (χ4v) is 3.82. The Balaban J connectivity index is 1.75. The minimum Gasteiger partial charge on any atom is -0.390 e. The number of aliphatic hydroxyl groups is 1. The van der Waals surface area contributed by atoms with Crippen LogP contribution in [0.25, 0.3) is 0 Å². The molecule has 1 aliphatic carbocycles. The Kier molecular flexibility index (Phi) is 5.10. The third-order valence-corrected chi connectivity index (χ3v) is 5.18. The maximum absolute atomic E-state index is 11.0. The fourth-order valence-electron chi connectivity index (χ4n) is 3.82. The summed E-state index contributed by atoms with van der Waals surface area (Å²) < 4.78 is 12.7. The predicted octanol–water partition coefficient (Wildman–Crippen LogP) is 2.16. The van der Waals surface area contributed by atoms with E-state index in [9.17, 15) is 5.11 Å². The number of aliphatic hydroxyl groups excluding tert-OH is 1. The van der Waals surface area contributed by atoms with Crippen LogP contribution in [0.2, 0.25) is 0 Å². The monoisotopic (exact) mass is 309 g/mol. The van der Waals surface area contributed by atoms with Crippen LogP contribution in [0.15, 0.2) is 12.7 Å². The van der Waals surface area contributed by atoms with E-state index in [0.29, 0.717) is 25.9 Å². The number of ether oxygens (including phenoxy) is 2. The Bertz CT molecular complexity index is 439. The molecular formula is C16H27N3O3. The van der Waals surface area contributed by atoms with Gasteiger partial charge >= 0.3 is 0 Å². The van der Waals surface area contributed by atoms with Crippen molar-refractivity contribution in [2.45, 2.75) is 57.6 Å². The van der Waals surface area contributed by atoms with Gasteiger partial charge in [0.1, 0.15) is 19.4 Å². The van der Waals surface area contributed by atoms with E-state index in [1.165, 1.54) is 38.4 Å². The van der Waals surface area contributed by atoms with Crippen LogP contribution in [0.4, 0.5) is 0 Å². The second-order valence-electron chi connectivity index (χ2n) is 7.10. The molecule has 6 nitrogen and oxygen atoms in total. The molecule has 1 aromatic heterocycles. The fraction of sp³-hybridized carbons (Fsp3) is 0.875. The van der Waals surface area contributed by atoms with Crippen molar-refractivity contribution in [1.29, 1.82) is 0 Å². The van der Waals surface area contributed by atoms with Gasteiger partial charge in [-0.25, -0.2) is 9.67 Å². The molecule has 2 heterocycles. The molecule has 3 rings (SSSR count). The van der Waals surface area contributed by atoms with Crippen LogP contribution in [0.3, 0.4) is 0 Å². The molecule has 0 amide bonds. The molecule has 2 unspecified atom stereocenters. The first-order chi connectivity index (χ1) is 10.7. The highest BCUT2D eigenvalue weighted by Crippen LogP contribution is 2.38. The van der Waals surface area contributed by atoms with Crippen LogP contribution in [-0.4, -0.2) is 46.0 Å². The molecule has 0 radical (unpaired) electrons. The highest BCUT2D eigenvalue weighted by atomic mass is 16.7. The van der Waals surface area contributed by atoms with Gasteiger partial charge in [-0.1, -0.05) is 39.0 Å². The van der Waals surface area contributed by atoms with E-state index in [0.717, 1.165) is 6.42 Å². The molecule has 2 atom stereocenters. The van der Waals surface area contributed by atoms with Gasteiger partial charge in [-0.05, 0) is 12.3 Å². The minimum atomic E-state index is -0.559. The molecule has 1 aromatic rings. The van der Waals surface area contributed by atoms with E-state index >= 15 is 0 Å². The van der Waals surface area contributed by atoms with E-state index in [4.69, 9.17) is 9.47 Å². The summed E-state index contributed by atoms with van der Waals surface area (Å²) in [7, 11) is 0. The van der Waals surface area contributed by atoms with Gasteiger partial charge in [0, 0.05) is 5.41 Å². The topological polar surface area (TPSA) is 69.4 Å². The zero-order valence-corrected chi connectivity index (χ0v) is 13.4. The van der Waals surface area contributed by atoms with Crippen LogP contribution in [0, 0.1) is 11.3 Å². The van der Waals surface area contributed by atoms with Crippen molar-refractivity contribution in [2.75, 3.05) is 20.0 Å². The molecule has 1 saturated carbocycles. The smallest absolute Gasteiger partial charge is 0.146 e. The van der Waals surface area contributed by atoms with Crippen molar-refractivity contribution in [3.8, 4) is 0 Å². The summed E-state index contributed by atoms with van der Waals surface area (Å²) in [5.74, 6) is 0.659. The largest absolute Gasteiger partial charge is 0.390 e. The summed E-state index contributed by atoms with van der Waals surface area (Å²) in [4.78, 5) is 4.06. The predicted molar refractivity (Wildman–Crippen MR) is 81.1 cm³/mol. The summed E-state index contributed by atoms with van der Waals surface area (Å²) >= 11 is 0. The van der Waals surface area contributed by atoms with Gasteiger partial charge in [-0.2, -0.15) is 5.10 Å². The molecule has 1 N–H and O–H groups in total. The Morgan fingerprint density at radius 1 is 1.27 bits per heavy atom. The lowest BCUT2D eigenvalue weighted by Gasteiger charge is -2.41. The van der Waals surface area contributed by atoms with Crippen molar-refractivity contribution in [2.24, 2.45) is 11.3 Å². The summed E-state index contributed by atoms with van der Waals surface area (Å²) in [5, 5.41) is 15.3. The molecule has 22 heavy (non-hydrogen) atoms. The van der Waals surface area contributed by atoms with Crippen molar-refractivity contribution >= 4 is 0 Å². The molecule has 2 aliphatic rings. The Labute approximate surface area is 131 Å². The quantitative estimate of drug-likeness (QED) is 0.902. The highest BCUT2D eigenvalue weighted by molar-refractivity contribution is 4.91. The second kappa shape index (κ2) is 7.06. The van der Waals surface area contributed by atoms with Gasteiger partial charge in [0.05, 0.1) is 25.4 Å². The van der Waals surface area contributed by atoms with Gasteiger partial charge in [0.2, 0.25) is 0 Å². The normalized spacial score (nSPS) is 25.7. The molecule has 0 bridgehead atoms. The lowest BCUT2D eigenvalue weighted by molar-refractivity contribution is -0.197. The first-order valence-electron chi connectivity index (χ1n) is 8.37. The second-order valence-corrected chi connectivity index (χ2v) is 7.10. The van der Waals surface area contributed by atoms with Gasteiger partial charge < -0.3 is 14.6 Å². The summed E-state index contributed by atoms with van der Waals surface area (Å²) in [6.45, 7) is 3.38. The van der Waals surface area contributed by atoms with Crippen molar-refractivity contribution in [3.63, 3.8) is 0 Å². The van der Waals surface area contributed by atoms with Crippen LogP contribution in [-0.2, 0) is 9.47 Å². The highest BCUT2D eigenvalue weighted by Gasteiger charge is 2.42. The van der Waals surface area contributed by atoms with Crippen LogP contribution in [0.5, 0.6) is 0 Å². The third kappa shape index (κ3) is 3.50. The number of rotatable bonds is 5. The Morgan fingerprint density at radius 2 is 2.00 bits per heavy atom. The zero-order valence-electron chi connectivity index (χ0n) is 13.4. The lowest BCUT2D eigenvalue weighted by atomic mass is 9.76. The van der Waals surface area contributed by atoms with Gasteiger partial charge in [-0.15, -0.1) is 0 Å². The average molecular weight is 309 g/mol. The number of hydrogen-bond donors (Lipinski definition) is 1. The molecule has 1 aliphatic heterocycles. The van der Waals surface area contributed by atoms with Crippen molar-refractivity contribution in [1.82, 2.24) is 14.8 Å². The third-order valence-electron chi connectivity index (χ3n) is 5.18. The van der Waals surface area contributed by atoms with E-state index < -0.39 is 11.5 Å². The zero-order chi connectivity index (χ0) is 15.4. The molecule has 0 aromatic carbocycles. The van der Waals surface area contributed by atoms with Crippen molar-refractivity contribution < 1.29 is 14.6 Å². The first-order valence-corrected chi connectivity index (χ1v) is 8.37. The van der Waals surface area contributed by atoms with Crippen molar-refractivity contribution in [3.05, 3.63) is 12.7 Å². The molecule has 6 heteroatoms.